The monoisotopic (exact) mass is 277 g/mol. The van der Waals surface area contributed by atoms with E-state index >= 15 is 0 Å². The molecule has 0 nitrogen and oxygen atoms in total. The molecule has 0 atom stereocenters. The highest BCUT2D eigenvalue weighted by Crippen LogP contribution is 2.24. The maximum Gasteiger partial charge on any atom is 0.00772 e. The average molecular weight is 278 g/mol. The Morgan fingerprint density at radius 2 is 1.55 bits per heavy atom. The second kappa shape index (κ2) is 16.0. The predicted octanol–water partition coefficient (Wildman–Crippen LogP) is 7.31. The van der Waals surface area contributed by atoms with Crippen LogP contribution in [0.4, 0.5) is 0 Å². The van der Waals surface area contributed by atoms with E-state index in [2.05, 4.69) is 58.9 Å². The van der Waals surface area contributed by atoms with E-state index in [9.17, 15) is 0 Å². The Morgan fingerprint density at radius 1 is 1.15 bits per heavy atom. The van der Waals surface area contributed by atoms with Gasteiger partial charge in [-0.3, -0.25) is 0 Å². The molecule has 0 aromatic rings. The Bertz CT molecular complexity index is 292. The van der Waals surface area contributed by atoms with Crippen molar-refractivity contribution in [2.24, 2.45) is 5.41 Å². The number of allylic oxidation sites excluding steroid dienone is 7. The summed E-state index contributed by atoms with van der Waals surface area (Å²) >= 11 is 0. The largest absolute Gasteiger partial charge is 0.0988 e. The first-order chi connectivity index (χ1) is 9.39. The number of hydrogen-bond acceptors (Lipinski definition) is 0. The highest BCUT2D eigenvalue weighted by molar-refractivity contribution is 5.36. The molecule has 0 fully saturated rings. The van der Waals surface area contributed by atoms with E-state index in [4.69, 9.17) is 0 Å². The van der Waals surface area contributed by atoms with E-state index in [1.165, 1.54) is 11.1 Å². The van der Waals surface area contributed by atoms with Gasteiger partial charge in [-0.2, -0.15) is 0 Å². The first kappa shape index (κ1) is 24.0. The summed E-state index contributed by atoms with van der Waals surface area (Å²) in [5.74, 6) is 0. The second-order valence-electron chi connectivity index (χ2n) is 5.29. The molecule has 0 aromatic carbocycles. The van der Waals surface area contributed by atoms with Crippen LogP contribution < -0.4 is 0 Å². The maximum absolute atomic E-state index is 3.80. The van der Waals surface area contributed by atoms with Crippen LogP contribution in [0.25, 0.3) is 0 Å². The van der Waals surface area contributed by atoms with Crippen molar-refractivity contribution in [2.75, 3.05) is 0 Å². The lowest BCUT2D eigenvalue weighted by Crippen LogP contribution is -2.05. The SMILES string of the molecule is C=C/C(=C\C=C\C)CC(C)(C)C.CC.CC.CC1=C[CH]1. The fraction of sp³-hybridized carbons (Fsp3) is 0.550. The highest BCUT2D eigenvalue weighted by Gasteiger charge is 2.10. The Hall–Kier alpha value is -1.04. The van der Waals surface area contributed by atoms with Gasteiger partial charge in [0.05, 0.1) is 0 Å². The van der Waals surface area contributed by atoms with E-state index < -0.39 is 0 Å². The predicted molar refractivity (Wildman–Crippen MR) is 97.9 cm³/mol. The minimum absolute atomic E-state index is 0.349. The molecule has 0 heterocycles. The summed E-state index contributed by atoms with van der Waals surface area (Å²) in [6, 6.07) is 0. The second-order valence-corrected chi connectivity index (χ2v) is 5.29. The van der Waals surface area contributed by atoms with Gasteiger partial charge in [0, 0.05) is 6.42 Å². The quantitative estimate of drug-likeness (QED) is 0.474. The summed E-state index contributed by atoms with van der Waals surface area (Å²) < 4.78 is 0. The molecule has 0 aliphatic heterocycles. The van der Waals surface area contributed by atoms with Crippen LogP contribution in [-0.2, 0) is 0 Å². The van der Waals surface area contributed by atoms with Crippen LogP contribution in [0.5, 0.6) is 0 Å². The molecular formula is C20H37. The van der Waals surface area contributed by atoms with Gasteiger partial charge >= 0.3 is 0 Å². The summed E-state index contributed by atoms with van der Waals surface area (Å²) in [5, 5.41) is 0. The van der Waals surface area contributed by atoms with E-state index in [1.807, 2.05) is 46.8 Å². The molecule has 1 radical (unpaired) electrons. The third-order valence-corrected chi connectivity index (χ3v) is 2.00. The molecule has 0 heteroatoms. The van der Waals surface area contributed by atoms with Crippen LogP contribution in [0.15, 0.2) is 48.1 Å². The van der Waals surface area contributed by atoms with Gasteiger partial charge in [0.1, 0.15) is 0 Å². The Kier molecular flexibility index (Phi) is 19.2. The zero-order chi connectivity index (χ0) is 16.6. The third-order valence-electron chi connectivity index (χ3n) is 2.00. The third kappa shape index (κ3) is 25.7. The van der Waals surface area contributed by atoms with Gasteiger partial charge in [0.2, 0.25) is 0 Å². The van der Waals surface area contributed by atoms with Crippen molar-refractivity contribution in [1.82, 2.24) is 0 Å². The van der Waals surface area contributed by atoms with Gasteiger partial charge in [0.15, 0.2) is 0 Å². The molecule has 0 saturated heterocycles. The summed E-state index contributed by atoms with van der Waals surface area (Å²) in [6.45, 7) is 22.6. The first-order valence-corrected chi connectivity index (χ1v) is 7.85. The fourth-order valence-electron chi connectivity index (χ4n) is 1.11. The molecule has 1 aliphatic rings. The molecule has 0 bridgehead atoms. The van der Waals surface area contributed by atoms with Gasteiger partial charge in [-0.25, -0.2) is 0 Å². The molecule has 0 aromatic heterocycles. The smallest absolute Gasteiger partial charge is 0.00772 e. The van der Waals surface area contributed by atoms with Gasteiger partial charge in [-0.15, -0.1) is 0 Å². The van der Waals surface area contributed by atoms with Gasteiger partial charge in [0.25, 0.3) is 0 Å². The molecular weight excluding hydrogens is 240 g/mol. The first-order valence-electron chi connectivity index (χ1n) is 7.85. The lowest BCUT2D eigenvalue weighted by atomic mass is 9.88. The molecule has 0 saturated carbocycles. The lowest BCUT2D eigenvalue weighted by Gasteiger charge is -2.18. The average Bonchev–Trinajstić information content (AvgIpc) is 3.21. The Morgan fingerprint density at radius 3 is 1.75 bits per heavy atom. The van der Waals surface area contributed by atoms with Crippen LogP contribution >= 0.6 is 0 Å². The summed E-state index contributed by atoms with van der Waals surface area (Å²) in [4.78, 5) is 0. The van der Waals surface area contributed by atoms with Crippen molar-refractivity contribution >= 4 is 0 Å². The minimum atomic E-state index is 0.349. The van der Waals surface area contributed by atoms with Crippen LogP contribution in [0.2, 0.25) is 0 Å². The molecule has 1 aliphatic carbocycles. The van der Waals surface area contributed by atoms with Crippen LogP contribution in [-0.4, -0.2) is 0 Å². The molecule has 20 heavy (non-hydrogen) atoms. The van der Waals surface area contributed by atoms with Crippen molar-refractivity contribution in [2.45, 2.75) is 68.7 Å². The molecule has 0 N–H and O–H groups in total. The van der Waals surface area contributed by atoms with E-state index in [0.717, 1.165) is 6.42 Å². The molecule has 117 valence electrons. The van der Waals surface area contributed by atoms with Crippen molar-refractivity contribution < 1.29 is 0 Å². The summed E-state index contributed by atoms with van der Waals surface area (Å²) in [5.41, 5.74) is 3.07. The standard InChI is InChI=1S/C12H20.C4H5.2C2H6/c1-6-8-9-11(7-2)10-12(3,4)5;1-4-2-3-4;2*1-2/h6-9H,2,10H2,1,3-5H3;2-3H,1H3;2*1-2H3/b8-6+,11-9+;;;. The van der Waals surface area contributed by atoms with Gasteiger partial charge in [-0.1, -0.05) is 91.0 Å². The van der Waals surface area contributed by atoms with E-state index in [0.29, 0.717) is 5.41 Å². The highest BCUT2D eigenvalue weighted by atomic mass is 14.2. The van der Waals surface area contributed by atoms with Crippen molar-refractivity contribution in [3.05, 3.63) is 54.5 Å². The maximum atomic E-state index is 3.80. The van der Waals surface area contributed by atoms with Crippen molar-refractivity contribution in [3.8, 4) is 0 Å². The topological polar surface area (TPSA) is 0 Å². The molecule has 1 rings (SSSR count). The zero-order valence-electron chi connectivity index (χ0n) is 15.4. The van der Waals surface area contributed by atoms with E-state index in [-0.39, 0.29) is 0 Å². The lowest BCUT2D eigenvalue weighted by molar-refractivity contribution is 0.413. The molecule has 0 spiro atoms. The number of rotatable bonds is 3. The van der Waals surface area contributed by atoms with E-state index in [1.54, 1.807) is 0 Å². The zero-order valence-corrected chi connectivity index (χ0v) is 15.4. The van der Waals surface area contributed by atoms with Gasteiger partial charge in [-0.05, 0) is 31.3 Å². The normalized spacial score (nSPS) is 12.8. The molecule has 0 amide bonds. The van der Waals surface area contributed by atoms with Crippen molar-refractivity contribution in [3.63, 3.8) is 0 Å². The minimum Gasteiger partial charge on any atom is -0.0988 e. The Balaban J connectivity index is -0.000000295. The van der Waals surface area contributed by atoms with Gasteiger partial charge < -0.3 is 0 Å². The Labute approximate surface area is 129 Å². The molecule has 0 unspecified atom stereocenters. The van der Waals surface area contributed by atoms with Crippen molar-refractivity contribution in [1.29, 1.82) is 0 Å². The van der Waals surface area contributed by atoms with Crippen LogP contribution in [0.3, 0.4) is 0 Å². The fourth-order valence-corrected chi connectivity index (χ4v) is 1.11. The number of hydrogen-bond donors (Lipinski definition) is 0. The van der Waals surface area contributed by atoms with Crippen LogP contribution in [0, 0.1) is 11.8 Å². The summed E-state index contributed by atoms with van der Waals surface area (Å²) in [6.07, 6.45) is 13.4. The summed E-state index contributed by atoms with van der Waals surface area (Å²) in [7, 11) is 0. The van der Waals surface area contributed by atoms with Crippen LogP contribution in [0.1, 0.15) is 68.7 Å².